The van der Waals surface area contributed by atoms with Crippen molar-refractivity contribution in [2.24, 2.45) is 0 Å². The Morgan fingerprint density at radius 2 is 1.95 bits per heavy atom. The summed E-state index contributed by atoms with van der Waals surface area (Å²) in [7, 11) is 0. The molecule has 0 spiro atoms. The maximum absolute atomic E-state index is 13.6. The molecule has 1 heterocycles. The fourth-order valence-corrected chi connectivity index (χ4v) is 2.13. The molecule has 0 saturated carbocycles. The molecule has 1 N–H and O–H groups in total. The minimum Gasteiger partial charge on any atom is -0.456 e. The van der Waals surface area contributed by atoms with Crippen LogP contribution >= 0.6 is 0 Å². The molecular weight excluding hydrogens is 269 g/mol. The largest absolute Gasteiger partial charge is 0.456 e. The highest BCUT2D eigenvalue weighted by Crippen LogP contribution is 2.30. The maximum atomic E-state index is 13.6. The number of fused-ring (bicyclic) bond motifs is 1. The van der Waals surface area contributed by atoms with Crippen LogP contribution < -0.4 is 4.74 Å². The van der Waals surface area contributed by atoms with Crippen molar-refractivity contribution >= 4 is 10.9 Å². The number of para-hydroxylation sites is 1. The van der Waals surface area contributed by atoms with E-state index in [-0.39, 0.29) is 12.4 Å². The Morgan fingerprint density at radius 1 is 1.14 bits per heavy atom. The molecule has 0 aliphatic heterocycles. The number of hydrogen-bond donors (Lipinski definition) is 1. The van der Waals surface area contributed by atoms with Crippen LogP contribution in [-0.2, 0) is 6.61 Å². The fraction of sp³-hybridized carbons (Fsp3) is 0.118. The van der Waals surface area contributed by atoms with Gasteiger partial charge in [0, 0.05) is 17.5 Å². The van der Waals surface area contributed by atoms with Crippen LogP contribution in [0.3, 0.4) is 0 Å². The third-order valence-electron chi connectivity index (χ3n) is 3.26. The average Bonchev–Trinajstić information content (AvgIpc) is 2.51. The van der Waals surface area contributed by atoms with Crippen LogP contribution in [0.1, 0.15) is 11.3 Å². The highest BCUT2D eigenvalue weighted by Gasteiger charge is 2.08. The number of nitrogens with zero attached hydrogens (tertiary/aromatic N) is 1. The maximum Gasteiger partial charge on any atom is 0.138 e. The number of aromatic nitrogens is 1. The Balaban J connectivity index is 2.08. The van der Waals surface area contributed by atoms with Gasteiger partial charge in [-0.2, -0.15) is 0 Å². The first kappa shape index (κ1) is 13.5. The molecule has 3 nitrogen and oxygen atoms in total. The normalized spacial score (nSPS) is 10.8. The van der Waals surface area contributed by atoms with E-state index in [1.807, 2.05) is 24.3 Å². The highest BCUT2D eigenvalue weighted by molar-refractivity contribution is 5.85. The van der Waals surface area contributed by atoms with Crippen molar-refractivity contribution in [1.29, 1.82) is 0 Å². The minimum absolute atomic E-state index is 0.177. The molecule has 0 unspecified atom stereocenters. The summed E-state index contributed by atoms with van der Waals surface area (Å²) in [5.41, 5.74) is 1.81. The molecule has 0 aliphatic carbocycles. The number of rotatable bonds is 3. The number of aliphatic hydroxyl groups is 1. The van der Waals surface area contributed by atoms with Gasteiger partial charge >= 0.3 is 0 Å². The molecule has 0 saturated heterocycles. The van der Waals surface area contributed by atoms with E-state index in [0.717, 1.165) is 10.9 Å². The molecule has 0 amide bonds. The van der Waals surface area contributed by atoms with E-state index in [1.54, 1.807) is 25.1 Å². The predicted octanol–water partition coefficient (Wildman–Crippen LogP) is 3.97. The summed E-state index contributed by atoms with van der Waals surface area (Å²) in [5.74, 6) is 0.652. The third-order valence-corrected chi connectivity index (χ3v) is 3.26. The average molecular weight is 283 g/mol. The first-order valence-corrected chi connectivity index (χ1v) is 6.61. The minimum atomic E-state index is -0.312. The molecule has 0 atom stereocenters. The van der Waals surface area contributed by atoms with Crippen LogP contribution in [0, 0.1) is 12.7 Å². The second kappa shape index (κ2) is 5.50. The van der Waals surface area contributed by atoms with Crippen molar-refractivity contribution in [3.05, 3.63) is 65.6 Å². The van der Waals surface area contributed by atoms with E-state index >= 15 is 0 Å². The van der Waals surface area contributed by atoms with Gasteiger partial charge in [-0.3, -0.25) is 4.98 Å². The number of aryl methyl sites for hydroxylation is 1. The standard InChI is InChI=1S/C17H14FNO2/c1-11-6-7-13(9-15(11)18)21-17-8-12(10-20)19-16-5-3-2-4-14(16)17/h2-9,20H,10H2,1H3. The van der Waals surface area contributed by atoms with Gasteiger partial charge < -0.3 is 9.84 Å². The van der Waals surface area contributed by atoms with Gasteiger partial charge in [0.1, 0.15) is 17.3 Å². The van der Waals surface area contributed by atoms with E-state index in [0.29, 0.717) is 22.8 Å². The molecular formula is C17H14FNO2. The van der Waals surface area contributed by atoms with E-state index in [9.17, 15) is 9.50 Å². The van der Waals surface area contributed by atoms with Gasteiger partial charge in [-0.15, -0.1) is 0 Å². The van der Waals surface area contributed by atoms with E-state index < -0.39 is 0 Å². The molecule has 0 radical (unpaired) electrons. The molecule has 3 rings (SSSR count). The summed E-state index contributed by atoms with van der Waals surface area (Å²) < 4.78 is 19.4. The van der Waals surface area contributed by atoms with E-state index in [4.69, 9.17) is 4.74 Å². The number of hydrogen-bond acceptors (Lipinski definition) is 3. The number of pyridine rings is 1. The molecule has 0 bridgehead atoms. The zero-order chi connectivity index (χ0) is 14.8. The number of halogens is 1. The molecule has 4 heteroatoms. The van der Waals surface area contributed by atoms with Crippen LogP contribution in [-0.4, -0.2) is 10.1 Å². The van der Waals surface area contributed by atoms with Gasteiger partial charge in [0.15, 0.2) is 0 Å². The molecule has 3 aromatic rings. The van der Waals surface area contributed by atoms with Gasteiger partial charge in [0.05, 0.1) is 17.8 Å². The Bertz CT molecular complexity index is 802. The summed E-state index contributed by atoms with van der Waals surface area (Å²) in [6.45, 7) is 1.52. The van der Waals surface area contributed by atoms with Gasteiger partial charge in [-0.1, -0.05) is 18.2 Å². The van der Waals surface area contributed by atoms with Crippen LogP contribution in [0.15, 0.2) is 48.5 Å². The van der Waals surface area contributed by atoms with Crippen LogP contribution in [0.4, 0.5) is 4.39 Å². The van der Waals surface area contributed by atoms with Crippen molar-refractivity contribution in [1.82, 2.24) is 4.98 Å². The third kappa shape index (κ3) is 2.71. The molecule has 106 valence electrons. The number of benzene rings is 2. The Labute approximate surface area is 121 Å². The van der Waals surface area contributed by atoms with Crippen molar-refractivity contribution in [2.75, 3.05) is 0 Å². The lowest BCUT2D eigenvalue weighted by atomic mass is 10.2. The predicted molar refractivity (Wildman–Crippen MR) is 78.9 cm³/mol. The smallest absolute Gasteiger partial charge is 0.138 e. The first-order chi connectivity index (χ1) is 10.2. The zero-order valence-corrected chi connectivity index (χ0v) is 11.5. The van der Waals surface area contributed by atoms with Crippen LogP contribution in [0.5, 0.6) is 11.5 Å². The van der Waals surface area contributed by atoms with Crippen molar-refractivity contribution < 1.29 is 14.2 Å². The Kier molecular flexibility index (Phi) is 3.54. The molecule has 0 fully saturated rings. The summed E-state index contributed by atoms with van der Waals surface area (Å²) in [4.78, 5) is 4.32. The topological polar surface area (TPSA) is 42.4 Å². The summed E-state index contributed by atoms with van der Waals surface area (Å²) in [5, 5.41) is 10.1. The van der Waals surface area contributed by atoms with Gasteiger partial charge in [0.2, 0.25) is 0 Å². The van der Waals surface area contributed by atoms with Gasteiger partial charge in [0.25, 0.3) is 0 Å². The van der Waals surface area contributed by atoms with Gasteiger partial charge in [-0.05, 0) is 30.7 Å². The SMILES string of the molecule is Cc1ccc(Oc2cc(CO)nc3ccccc23)cc1F. The molecule has 0 aliphatic rings. The summed E-state index contributed by atoms with van der Waals surface area (Å²) >= 11 is 0. The van der Waals surface area contributed by atoms with Gasteiger partial charge in [-0.25, -0.2) is 4.39 Å². The Hall–Kier alpha value is -2.46. The first-order valence-electron chi connectivity index (χ1n) is 6.61. The second-order valence-electron chi connectivity index (χ2n) is 4.80. The molecule has 1 aromatic heterocycles. The van der Waals surface area contributed by atoms with E-state index in [2.05, 4.69) is 4.98 Å². The lowest BCUT2D eigenvalue weighted by molar-refractivity contribution is 0.276. The fourth-order valence-electron chi connectivity index (χ4n) is 2.13. The lowest BCUT2D eigenvalue weighted by Gasteiger charge is -2.11. The van der Waals surface area contributed by atoms with E-state index in [1.165, 1.54) is 6.07 Å². The quantitative estimate of drug-likeness (QED) is 0.791. The lowest BCUT2D eigenvalue weighted by Crippen LogP contribution is -1.94. The van der Waals surface area contributed by atoms with Crippen LogP contribution in [0.2, 0.25) is 0 Å². The number of aliphatic hydroxyl groups excluding tert-OH is 1. The molecule has 2 aromatic carbocycles. The van der Waals surface area contributed by atoms with Crippen molar-refractivity contribution in [3.63, 3.8) is 0 Å². The molecule has 21 heavy (non-hydrogen) atoms. The van der Waals surface area contributed by atoms with Crippen molar-refractivity contribution in [3.8, 4) is 11.5 Å². The summed E-state index contributed by atoms with van der Waals surface area (Å²) in [6.07, 6.45) is 0. The Morgan fingerprint density at radius 3 is 2.71 bits per heavy atom. The number of ether oxygens (including phenoxy) is 1. The summed E-state index contributed by atoms with van der Waals surface area (Å²) in [6, 6.07) is 13.9. The van der Waals surface area contributed by atoms with Crippen LogP contribution in [0.25, 0.3) is 10.9 Å². The monoisotopic (exact) mass is 283 g/mol. The highest BCUT2D eigenvalue weighted by atomic mass is 19.1. The zero-order valence-electron chi connectivity index (χ0n) is 11.5. The van der Waals surface area contributed by atoms with Crippen molar-refractivity contribution in [2.45, 2.75) is 13.5 Å². The second-order valence-corrected chi connectivity index (χ2v) is 4.80.